The molecule has 0 atom stereocenters. The van der Waals surface area contributed by atoms with Crippen molar-refractivity contribution < 1.29 is 4.42 Å². The predicted molar refractivity (Wildman–Crippen MR) is 262 cm³/mol. The van der Waals surface area contributed by atoms with Crippen molar-refractivity contribution in [3.63, 3.8) is 0 Å². The van der Waals surface area contributed by atoms with Gasteiger partial charge in [0.2, 0.25) is 0 Å². The fraction of sp³-hybridized carbons (Fsp3) is 0.0492. The monoisotopic (exact) mass is 803 g/mol. The molecule has 3 aliphatic carbocycles. The highest BCUT2D eigenvalue weighted by atomic mass is 16.3. The zero-order valence-corrected chi connectivity index (χ0v) is 34.6. The lowest BCUT2D eigenvalue weighted by Crippen LogP contribution is -2.28. The molecule has 0 saturated carbocycles. The van der Waals surface area contributed by atoms with Gasteiger partial charge < -0.3 is 9.32 Å². The summed E-state index contributed by atoms with van der Waals surface area (Å²) in [5, 5.41) is 2.26. The van der Waals surface area contributed by atoms with Gasteiger partial charge in [0.25, 0.3) is 0 Å². The van der Waals surface area contributed by atoms with Crippen molar-refractivity contribution in [2.45, 2.75) is 18.3 Å². The normalized spacial score (nSPS) is 14.2. The van der Waals surface area contributed by atoms with Crippen molar-refractivity contribution in [1.29, 1.82) is 0 Å². The molecular formula is C61H41NO. The molecule has 0 radical (unpaired) electrons. The fourth-order valence-corrected chi connectivity index (χ4v) is 11.1. The molecule has 0 saturated heterocycles. The summed E-state index contributed by atoms with van der Waals surface area (Å²) in [6.07, 6.45) is 6.84. The van der Waals surface area contributed by atoms with E-state index in [2.05, 4.69) is 223 Å². The Bertz CT molecular complexity index is 3430. The average molecular weight is 804 g/mol. The van der Waals surface area contributed by atoms with E-state index >= 15 is 0 Å². The van der Waals surface area contributed by atoms with Gasteiger partial charge >= 0.3 is 0 Å². The van der Waals surface area contributed by atoms with Crippen LogP contribution in [0, 0.1) is 0 Å². The Morgan fingerprint density at radius 3 is 1.70 bits per heavy atom. The first-order valence-corrected chi connectivity index (χ1v) is 22.1. The van der Waals surface area contributed by atoms with Crippen molar-refractivity contribution in [3.8, 4) is 44.5 Å². The second-order valence-electron chi connectivity index (χ2n) is 17.0. The molecule has 10 aromatic rings. The van der Waals surface area contributed by atoms with E-state index in [4.69, 9.17) is 4.42 Å². The van der Waals surface area contributed by atoms with Crippen molar-refractivity contribution in [2.75, 3.05) is 4.90 Å². The third-order valence-electron chi connectivity index (χ3n) is 13.8. The van der Waals surface area contributed by atoms with Gasteiger partial charge in [0.05, 0.1) is 5.41 Å². The standard InChI is InChI=1S/C61H41NO/c1-3-15-40(16-4-1)41-27-31-44(32-28-41)62(45-33-29-42(30-34-45)47-37-38-53-52-22-10-14-26-58(52)63-60(53)59(47)43-17-5-2-6-18-43)46-35-36-51-50-21-9-13-25-56(50)61(57(51)39-46)54-23-11-7-19-48(54)49-20-8-12-24-55(49)61/h1-12,14-24,26-39H,13,25H2. The van der Waals surface area contributed by atoms with Crippen LogP contribution < -0.4 is 4.90 Å². The number of hydrogen-bond acceptors (Lipinski definition) is 2. The number of fused-ring (bicyclic) bond motifs is 12. The molecule has 1 heterocycles. The zero-order valence-electron chi connectivity index (χ0n) is 34.6. The van der Waals surface area contributed by atoms with Crippen molar-refractivity contribution in [2.24, 2.45) is 0 Å². The van der Waals surface area contributed by atoms with Gasteiger partial charge in [-0.15, -0.1) is 0 Å². The molecule has 0 N–H and O–H groups in total. The summed E-state index contributed by atoms with van der Waals surface area (Å²) in [7, 11) is 0. The van der Waals surface area contributed by atoms with Crippen LogP contribution in [-0.4, -0.2) is 0 Å². The highest BCUT2D eigenvalue weighted by molar-refractivity contribution is 6.12. The summed E-state index contributed by atoms with van der Waals surface area (Å²) >= 11 is 0. The van der Waals surface area contributed by atoms with Gasteiger partial charge in [0, 0.05) is 33.4 Å². The third-order valence-corrected chi connectivity index (χ3v) is 13.8. The number of nitrogens with zero attached hydrogens (tertiary/aromatic N) is 1. The number of rotatable bonds is 6. The molecule has 0 unspecified atom stereocenters. The maximum absolute atomic E-state index is 6.66. The second-order valence-corrected chi connectivity index (χ2v) is 17.0. The summed E-state index contributed by atoms with van der Waals surface area (Å²) in [6, 6.07) is 77.8. The summed E-state index contributed by atoms with van der Waals surface area (Å²) in [5.41, 5.74) is 22.8. The number of hydrogen-bond donors (Lipinski definition) is 0. The largest absolute Gasteiger partial charge is 0.455 e. The number of anilines is 3. The topological polar surface area (TPSA) is 16.4 Å². The van der Waals surface area contributed by atoms with E-state index < -0.39 is 0 Å². The molecule has 2 nitrogen and oxygen atoms in total. The minimum Gasteiger partial charge on any atom is -0.455 e. The predicted octanol–water partition coefficient (Wildman–Crippen LogP) is 16.5. The molecule has 0 bridgehead atoms. The maximum atomic E-state index is 6.66. The summed E-state index contributed by atoms with van der Waals surface area (Å²) in [6.45, 7) is 0. The Kier molecular flexibility index (Phi) is 7.98. The second kappa shape index (κ2) is 14.1. The number of para-hydroxylation sites is 1. The van der Waals surface area contributed by atoms with E-state index in [0.29, 0.717) is 0 Å². The van der Waals surface area contributed by atoms with Crippen LogP contribution in [0.5, 0.6) is 0 Å². The van der Waals surface area contributed by atoms with Gasteiger partial charge in [0.15, 0.2) is 0 Å². The molecule has 3 aliphatic rings. The average Bonchev–Trinajstić information content (AvgIpc) is 3.99. The van der Waals surface area contributed by atoms with Crippen LogP contribution in [0.15, 0.2) is 234 Å². The van der Waals surface area contributed by atoms with Gasteiger partial charge in [-0.1, -0.05) is 176 Å². The number of allylic oxidation sites excluding steroid dienone is 4. The van der Waals surface area contributed by atoms with E-state index in [9.17, 15) is 0 Å². The maximum Gasteiger partial charge on any atom is 0.143 e. The number of furan rings is 1. The Morgan fingerprint density at radius 2 is 0.984 bits per heavy atom. The van der Waals surface area contributed by atoms with Crippen LogP contribution in [0.2, 0.25) is 0 Å². The van der Waals surface area contributed by atoms with Gasteiger partial charge in [-0.05, 0) is 134 Å². The first-order chi connectivity index (χ1) is 31.3. The molecular weight excluding hydrogens is 763 g/mol. The smallest absolute Gasteiger partial charge is 0.143 e. The summed E-state index contributed by atoms with van der Waals surface area (Å²) < 4.78 is 6.66. The lowest BCUT2D eigenvalue weighted by atomic mass is 9.68. The van der Waals surface area contributed by atoms with Gasteiger partial charge in [-0.2, -0.15) is 0 Å². The van der Waals surface area contributed by atoms with E-state index in [0.717, 1.165) is 74.1 Å². The van der Waals surface area contributed by atoms with Crippen molar-refractivity contribution in [1.82, 2.24) is 0 Å². The van der Waals surface area contributed by atoms with Gasteiger partial charge in [-0.3, -0.25) is 0 Å². The molecule has 63 heavy (non-hydrogen) atoms. The van der Waals surface area contributed by atoms with Gasteiger partial charge in [-0.25, -0.2) is 0 Å². The van der Waals surface area contributed by atoms with Crippen LogP contribution in [0.3, 0.4) is 0 Å². The van der Waals surface area contributed by atoms with Crippen molar-refractivity contribution in [3.05, 3.63) is 252 Å². The summed E-state index contributed by atoms with van der Waals surface area (Å²) in [5.74, 6) is 0. The Morgan fingerprint density at radius 1 is 0.413 bits per heavy atom. The quantitative estimate of drug-likeness (QED) is 0.166. The van der Waals surface area contributed by atoms with E-state index in [1.165, 1.54) is 55.7 Å². The van der Waals surface area contributed by atoms with E-state index in [1.54, 1.807) is 0 Å². The molecule has 13 rings (SSSR count). The van der Waals surface area contributed by atoms with Crippen LogP contribution in [0.4, 0.5) is 17.1 Å². The zero-order chi connectivity index (χ0) is 41.5. The minimum atomic E-state index is -0.353. The molecule has 0 aliphatic heterocycles. The van der Waals surface area contributed by atoms with Crippen LogP contribution in [-0.2, 0) is 5.41 Å². The SMILES string of the molecule is C1=CC2=C(CC1)C1(c3cc(N(c4ccc(-c5ccccc5)cc4)c4ccc(-c5ccc6c(oc7ccccc76)c5-c5ccccc5)cc4)ccc32)c2ccccc2-c2ccccc21. The van der Waals surface area contributed by atoms with Crippen LogP contribution in [0.25, 0.3) is 72.0 Å². The molecule has 1 spiro atoms. The van der Waals surface area contributed by atoms with Crippen LogP contribution >= 0.6 is 0 Å². The van der Waals surface area contributed by atoms with Crippen LogP contribution in [0.1, 0.15) is 35.1 Å². The molecule has 9 aromatic carbocycles. The van der Waals surface area contributed by atoms with Gasteiger partial charge in [0.1, 0.15) is 11.2 Å². The minimum absolute atomic E-state index is 0.353. The highest BCUT2D eigenvalue weighted by Gasteiger charge is 2.52. The lowest BCUT2D eigenvalue weighted by molar-refractivity contribution is 0.670. The summed E-state index contributed by atoms with van der Waals surface area (Å²) in [4.78, 5) is 2.44. The molecule has 296 valence electrons. The lowest BCUT2D eigenvalue weighted by Gasteiger charge is -2.34. The Balaban J connectivity index is 0.994. The van der Waals surface area contributed by atoms with E-state index in [-0.39, 0.29) is 5.41 Å². The molecule has 1 aromatic heterocycles. The Hall–Kier alpha value is -7.94. The number of benzene rings is 9. The fourth-order valence-electron chi connectivity index (χ4n) is 11.1. The first kappa shape index (κ1) is 35.8. The first-order valence-electron chi connectivity index (χ1n) is 22.1. The third kappa shape index (κ3) is 5.31. The molecule has 0 fully saturated rings. The Labute approximate surface area is 367 Å². The molecule has 0 amide bonds. The van der Waals surface area contributed by atoms with E-state index in [1.807, 2.05) is 6.07 Å². The molecule has 2 heteroatoms. The van der Waals surface area contributed by atoms with Crippen molar-refractivity contribution >= 4 is 44.6 Å². The highest BCUT2D eigenvalue weighted by Crippen LogP contribution is 2.64.